The van der Waals surface area contributed by atoms with Crippen molar-refractivity contribution in [1.29, 1.82) is 0 Å². The molecular formula is C26H23F8N3O3S. The fourth-order valence-electron chi connectivity index (χ4n) is 5.10. The van der Waals surface area contributed by atoms with Crippen LogP contribution in [-0.4, -0.2) is 36.9 Å². The summed E-state index contributed by atoms with van der Waals surface area (Å²) >= 11 is 0. The van der Waals surface area contributed by atoms with E-state index in [0.29, 0.717) is 5.56 Å². The highest BCUT2D eigenvalue weighted by atomic mass is 32.2. The second-order valence-electron chi connectivity index (χ2n) is 9.78. The lowest BCUT2D eigenvalue weighted by Crippen LogP contribution is -2.50. The molecule has 6 nitrogen and oxygen atoms in total. The molecule has 3 aromatic rings. The first-order valence-electron chi connectivity index (χ1n) is 12.2. The first kappa shape index (κ1) is 30.5. The zero-order chi connectivity index (χ0) is 30.3. The number of alkyl halides is 7. The minimum Gasteiger partial charge on any atom is -0.352 e. The van der Waals surface area contributed by atoms with Gasteiger partial charge in [-0.05, 0) is 55.5 Å². The Bertz CT molecular complexity index is 1450. The number of hydrogen-bond acceptors (Lipinski definition) is 4. The zero-order valence-corrected chi connectivity index (χ0v) is 21.8. The number of nitrogens with zero attached hydrogens (tertiary/aromatic N) is 1. The number of aromatic nitrogens is 2. The molecule has 1 saturated carbocycles. The first-order valence-corrected chi connectivity index (χ1v) is 13.7. The van der Waals surface area contributed by atoms with E-state index < -0.39 is 49.9 Å². The van der Waals surface area contributed by atoms with Gasteiger partial charge in [-0.15, -0.1) is 0 Å². The van der Waals surface area contributed by atoms with Crippen LogP contribution >= 0.6 is 0 Å². The number of carbonyl (C=O) groups is 1. The average Bonchev–Trinajstić information content (AvgIpc) is 3.44. The predicted octanol–water partition coefficient (Wildman–Crippen LogP) is 6.01. The Morgan fingerprint density at radius 2 is 1.49 bits per heavy atom. The summed E-state index contributed by atoms with van der Waals surface area (Å²) in [5, 5.41) is 9.05. The Hall–Kier alpha value is -3.49. The third-order valence-corrected chi connectivity index (χ3v) is 9.98. The van der Waals surface area contributed by atoms with Gasteiger partial charge in [0.15, 0.2) is 9.84 Å². The van der Waals surface area contributed by atoms with Crippen LogP contribution in [0.5, 0.6) is 0 Å². The molecule has 1 fully saturated rings. The van der Waals surface area contributed by atoms with Crippen molar-refractivity contribution in [2.75, 3.05) is 0 Å². The molecule has 222 valence electrons. The number of hydrogen-bond donors (Lipinski definition) is 2. The fourth-order valence-corrected chi connectivity index (χ4v) is 7.26. The summed E-state index contributed by atoms with van der Waals surface area (Å²) in [5.41, 5.74) is -6.95. The van der Waals surface area contributed by atoms with Gasteiger partial charge in [0.2, 0.25) is 5.91 Å². The third kappa shape index (κ3) is 5.43. The molecule has 1 heterocycles. The maximum atomic E-state index is 14.6. The highest BCUT2D eigenvalue weighted by Crippen LogP contribution is 2.54. The number of benzene rings is 2. The van der Waals surface area contributed by atoms with E-state index in [4.69, 9.17) is 0 Å². The molecule has 2 N–H and O–H groups in total. The molecule has 0 aliphatic heterocycles. The highest BCUT2D eigenvalue weighted by Gasteiger charge is 2.73. The van der Waals surface area contributed by atoms with Crippen LogP contribution in [0.4, 0.5) is 35.1 Å². The topological polar surface area (TPSA) is 91.9 Å². The van der Waals surface area contributed by atoms with E-state index in [1.807, 2.05) is 0 Å². The SMILES string of the molecule is O=C(NCc1cn[nH]c1)C1CCC(c2ccc(C(F)(C(F)(F)F)C(F)(F)F)cc2)(S(=O)(=O)c2ccc(F)cc2)CC1. The number of halogens is 8. The Balaban J connectivity index is 1.70. The van der Waals surface area contributed by atoms with E-state index in [0.717, 1.165) is 36.4 Å². The van der Waals surface area contributed by atoms with Crippen molar-refractivity contribution >= 4 is 15.7 Å². The van der Waals surface area contributed by atoms with Crippen LogP contribution in [0.3, 0.4) is 0 Å². The van der Waals surface area contributed by atoms with Gasteiger partial charge in [0, 0.05) is 29.8 Å². The number of carbonyl (C=O) groups excluding carboxylic acids is 1. The van der Waals surface area contributed by atoms with Crippen LogP contribution in [0.2, 0.25) is 0 Å². The van der Waals surface area contributed by atoms with Crippen molar-refractivity contribution in [3.8, 4) is 0 Å². The van der Waals surface area contributed by atoms with E-state index >= 15 is 0 Å². The molecule has 0 atom stereocenters. The number of aromatic amines is 1. The smallest absolute Gasteiger partial charge is 0.352 e. The summed E-state index contributed by atoms with van der Waals surface area (Å²) in [6, 6.07) is 5.74. The van der Waals surface area contributed by atoms with Gasteiger partial charge in [-0.25, -0.2) is 17.2 Å². The molecule has 0 radical (unpaired) electrons. The number of rotatable bonds is 7. The lowest BCUT2D eigenvalue weighted by Gasteiger charge is -2.40. The second kappa shape index (κ2) is 10.7. The maximum absolute atomic E-state index is 14.6. The molecule has 41 heavy (non-hydrogen) atoms. The summed E-state index contributed by atoms with van der Waals surface area (Å²) < 4.78 is 134. The van der Waals surface area contributed by atoms with Crippen LogP contribution in [0.1, 0.15) is 42.4 Å². The largest absolute Gasteiger partial charge is 0.435 e. The van der Waals surface area contributed by atoms with Crippen molar-refractivity contribution in [2.45, 2.75) is 59.9 Å². The number of nitrogens with one attached hydrogen (secondary N) is 2. The number of H-pyrrole nitrogens is 1. The van der Waals surface area contributed by atoms with E-state index in [9.17, 15) is 48.3 Å². The fraction of sp³-hybridized carbons (Fsp3) is 0.385. The Morgan fingerprint density at radius 3 is 1.98 bits per heavy atom. The van der Waals surface area contributed by atoms with Gasteiger partial charge >= 0.3 is 18.0 Å². The predicted molar refractivity (Wildman–Crippen MR) is 129 cm³/mol. The van der Waals surface area contributed by atoms with Gasteiger partial charge in [-0.1, -0.05) is 24.3 Å². The summed E-state index contributed by atoms with van der Waals surface area (Å²) in [4.78, 5) is 12.4. The van der Waals surface area contributed by atoms with Crippen LogP contribution in [0.25, 0.3) is 0 Å². The molecule has 0 unspecified atom stereocenters. The molecule has 2 aromatic carbocycles. The van der Waals surface area contributed by atoms with Crippen molar-refractivity contribution in [3.63, 3.8) is 0 Å². The second-order valence-corrected chi connectivity index (χ2v) is 12.0. The minimum absolute atomic E-state index is 0.00243. The molecule has 1 amide bonds. The van der Waals surface area contributed by atoms with Crippen LogP contribution in [0, 0.1) is 11.7 Å². The van der Waals surface area contributed by atoms with Gasteiger partial charge in [-0.2, -0.15) is 31.4 Å². The van der Waals surface area contributed by atoms with Crippen molar-refractivity contribution in [2.24, 2.45) is 5.92 Å². The van der Waals surface area contributed by atoms with Crippen molar-refractivity contribution < 1.29 is 48.3 Å². The molecular weight excluding hydrogens is 586 g/mol. The van der Waals surface area contributed by atoms with Crippen LogP contribution in [-0.2, 0) is 31.6 Å². The highest BCUT2D eigenvalue weighted by molar-refractivity contribution is 7.92. The Labute approximate surface area is 229 Å². The standard InChI is InChI=1S/C26H23F8N3O3S/c27-20-5-7-21(8-6-20)41(39,40)23(11-9-17(10-12-23)22(38)35-13-16-14-36-37-15-16)18-1-3-19(4-2-18)24(28,25(29,30)31)26(32,33)34/h1-8,14-15,17H,9-13H2,(H,35,38)(H,36,37). The summed E-state index contributed by atoms with van der Waals surface area (Å²) in [7, 11) is -4.44. The lowest BCUT2D eigenvalue weighted by molar-refractivity contribution is -0.348. The average molecular weight is 610 g/mol. The van der Waals surface area contributed by atoms with Gasteiger partial charge < -0.3 is 5.32 Å². The molecule has 0 saturated heterocycles. The van der Waals surface area contributed by atoms with Crippen molar-refractivity contribution in [1.82, 2.24) is 15.5 Å². The molecule has 1 aliphatic rings. The minimum atomic E-state index is -6.34. The van der Waals surface area contributed by atoms with E-state index in [1.165, 1.54) is 6.20 Å². The van der Waals surface area contributed by atoms with Crippen LogP contribution < -0.4 is 5.32 Å². The molecule has 0 bridgehead atoms. The maximum Gasteiger partial charge on any atom is 0.435 e. The zero-order valence-electron chi connectivity index (χ0n) is 21.0. The third-order valence-electron chi connectivity index (χ3n) is 7.41. The molecule has 1 aliphatic carbocycles. The van der Waals surface area contributed by atoms with Gasteiger partial charge in [0.25, 0.3) is 0 Å². The quantitative estimate of drug-likeness (QED) is 0.254. The number of amides is 1. The van der Waals surface area contributed by atoms with Gasteiger partial charge in [0.1, 0.15) is 10.6 Å². The van der Waals surface area contributed by atoms with Gasteiger partial charge in [-0.3, -0.25) is 9.89 Å². The first-order chi connectivity index (χ1) is 19.0. The Morgan fingerprint density at radius 1 is 0.927 bits per heavy atom. The van der Waals surface area contributed by atoms with Gasteiger partial charge in [0.05, 0.1) is 11.1 Å². The monoisotopic (exact) mass is 609 g/mol. The molecule has 1 aromatic heterocycles. The molecule has 0 spiro atoms. The van der Waals surface area contributed by atoms with E-state index in [2.05, 4.69) is 15.5 Å². The Kier molecular flexibility index (Phi) is 7.97. The number of sulfone groups is 1. The summed E-state index contributed by atoms with van der Waals surface area (Å²) in [5.74, 6) is -1.77. The van der Waals surface area contributed by atoms with E-state index in [-0.39, 0.29) is 60.7 Å². The van der Waals surface area contributed by atoms with Crippen LogP contribution in [0.15, 0.2) is 65.8 Å². The van der Waals surface area contributed by atoms with Crippen molar-refractivity contribution in [3.05, 3.63) is 83.4 Å². The normalized spacial score (nSPS) is 20.5. The molecule has 15 heteroatoms. The van der Waals surface area contributed by atoms with E-state index in [1.54, 1.807) is 6.20 Å². The summed E-state index contributed by atoms with van der Waals surface area (Å²) in [6.45, 7) is 0.149. The molecule has 4 rings (SSSR count). The summed E-state index contributed by atoms with van der Waals surface area (Å²) in [6.07, 6.45) is -10.1. The lowest BCUT2D eigenvalue weighted by atomic mass is 9.77.